The van der Waals surface area contributed by atoms with Gasteiger partial charge in [-0.15, -0.1) is 0 Å². The first-order valence-corrected chi connectivity index (χ1v) is 12.2. The first kappa shape index (κ1) is 25.1. The SMILES string of the molecule is O=C(/C=C/c1ccc(-c2cccc(C(F)(F)F)c2)o1)Nc1ccc2oc(-c3cc(I)ccc3Cl)nc2c1. The fourth-order valence-corrected chi connectivity index (χ4v) is 4.26. The summed E-state index contributed by atoms with van der Waals surface area (Å²) >= 11 is 8.46. The molecule has 186 valence electrons. The molecule has 37 heavy (non-hydrogen) atoms. The second-order valence-electron chi connectivity index (χ2n) is 7.93. The zero-order chi connectivity index (χ0) is 26.2. The van der Waals surface area contributed by atoms with Crippen molar-refractivity contribution in [1.82, 2.24) is 4.98 Å². The molecule has 0 atom stereocenters. The summed E-state index contributed by atoms with van der Waals surface area (Å²) in [5.41, 5.74) is 1.77. The number of rotatable bonds is 5. The minimum atomic E-state index is -4.45. The van der Waals surface area contributed by atoms with E-state index in [1.807, 2.05) is 12.1 Å². The third-order valence-electron chi connectivity index (χ3n) is 5.31. The molecule has 2 heterocycles. The van der Waals surface area contributed by atoms with E-state index < -0.39 is 17.6 Å². The van der Waals surface area contributed by atoms with Crippen molar-refractivity contribution in [2.24, 2.45) is 0 Å². The van der Waals surface area contributed by atoms with Crippen LogP contribution in [-0.2, 0) is 11.0 Å². The molecule has 0 spiro atoms. The Labute approximate surface area is 227 Å². The predicted octanol–water partition coefficient (Wildman–Crippen LogP) is 8.68. The standard InChI is InChI=1S/C27H15ClF3IN2O3/c28-21-8-4-17(32)13-20(21)26-34-22-14-18(5-9-24(22)37-26)33-25(35)11-7-19-6-10-23(36-19)15-2-1-3-16(12-15)27(29,30)31/h1-14H,(H,33,35)/b11-7+. The predicted molar refractivity (Wildman–Crippen MR) is 144 cm³/mol. The number of aromatic nitrogens is 1. The van der Waals surface area contributed by atoms with E-state index >= 15 is 0 Å². The molecule has 3 aromatic carbocycles. The minimum absolute atomic E-state index is 0.256. The molecule has 5 aromatic rings. The second kappa shape index (κ2) is 10.1. The Bertz CT molecular complexity index is 1660. The zero-order valence-corrected chi connectivity index (χ0v) is 21.6. The molecule has 1 amide bonds. The van der Waals surface area contributed by atoms with Crippen molar-refractivity contribution < 1.29 is 26.8 Å². The van der Waals surface area contributed by atoms with E-state index in [0.717, 1.165) is 15.7 Å². The summed E-state index contributed by atoms with van der Waals surface area (Å²) in [4.78, 5) is 16.9. The first-order chi connectivity index (χ1) is 17.7. The molecule has 0 aliphatic rings. The maximum atomic E-state index is 13.0. The minimum Gasteiger partial charge on any atom is -0.457 e. The summed E-state index contributed by atoms with van der Waals surface area (Å²) in [6.07, 6.45) is -1.76. The molecule has 5 rings (SSSR count). The molecular weight excluding hydrogens is 620 g/mol. The van der Waals surface area contributed by atoms with Crippen LogP contribution in [-0.4, -0.2) is 10.9 Å². The lowest BCUT2D eigenvalue weighted by Crippen LogP contribution is -2.07. The van der Waals surface area contributed by atoms with Gasteiger partial charge in [-0.3, -0.25) is 4.79 Å². The Hall–Kier alpha value is -3.57. The molecular formula is C27H15ClF3IN2O3. The van der Waals surface area contributed by atoms with Crippen LogP contribution in [0.3, 0.4) is 0 Å². The van der Waals surface area contributed by atoms with Crippen LogP contribution in [0.1, 0.15) is 11.3 Å². The van der Waals surface area contributed by atoms with E-state index in [4.69, 9.17) is 20.4 Å². The van der Waals surface area contributed by atoms with Crippen molar-refractivity contribution in [2.45, 2.75) is 6.18 Å². The number of halogens is 5. The fourth-order valence-electron chi connectivity index (χ4n) is 3.57. The molecule has 0 bridgehead atoms. The topological polar surface area (TPSA) is 68.3 Å². The summed E-state index contributed by atoms with van der Waals surface area (Å²) in [5.74, 6) is 0.511. The van der Waals surface area contributed by atoms with E-state index in [2.05, 4.69) is 32.9 Å². The number of alkyl halides is 3. The van der Waals surface area contributed by atoms with Crippen LogP contribution in [0.5, 0.6) is 0 Å². The normalized spacial score (nSPS) is 11.9. The van der Waals surface area contributed by atoms with E-state index in [0.29, 0.717) is 39.0 Å². The quantitative estimate of drug-likeness (QED) is 0.155. The molecule has 5 nitrogen and oxygen atoms in total. The number of anilines is 1. The monoisotopic (exact) mass is 634 g/mol. The lowest BCUT2D eigenvalue weighted by molar-refractivity contribution is -0.137. The third kappa shape index (κ3) is 5.72. The summed E-state index contributed by atoms with van der Waals surface area (Å²) in [5, 5.41) is 3.25. The van der Waals surface area contributed by atoms with Gasteiger partial charge in [-0.2, -0.15) is 13.2 Å². The Morgan fingerprint density at radius 1 is 1.00 bits per heavy atom. The third-order valence-corrected chi connectivity index (χ3v) is 6.31. The molecule has 1 N–H and O–H groups in total. The summed E-state index contributed by atoms with van der Waals surface area (Å²) < 4.78 is 51.3. The van der Waals surface area contributed by atoms with Crippen LogP contribution >= 0.6 is 34.2 Å². The van der Waals surface area contributed by atoms with Crippen molar-refractivity contribution in [3.8, 4) is 22.8 Å². The van der Waals surface area contributed by atoms with Gasteiger partial charge in [0.1, 0.15) is 17.0 Å². The highest BCUT2D eigenvalue weighted by Crippen LogP contribution is 2.34. The Kier molecular flexibility index (Phi) is 6.82. The largest absolute Gasteiger partial charge is 0.457 e. The first-order valence-electron chi connectivity index (χ1n) is 10.8. The number of furan rings is 1. The summed E-state index contributed by atoms with van der Waals surface area (Å²) in [6.45, 7) is 0. The van der Waals surface area contributed by atoms with Crippen molar-refractivity contribution in [1.29, 1.82) is 0 Å². The van der Waals surface area contributed by atoms with E-state index in [1.165, 1.54) is 24.3 Å². The van der Waals surface area contributed by atoms with Crippen molar-refractivity contribution in [2.75, 3.05) is 5.32 Å². The molecule has 0 saturated carbocycles. The number of oxazole rings is 1. The van der Waals surface area contributed by atoms with Gasteiger partial charge in [0, 0.05) is 20.9 Å². The number of amides is 1. The van der Waals surface area contributed by atoms with Crippen LogP contribution in [0.25, 0.3) is 40.0 Å². The van der Waals surface area contributed by atoms with Crippen LogP contribution in [0.15, 0.2) is 87.7 Å². The smallest absolute Gasteiger partial charge is 0.416 e. The van der Waals surface area contributed by atoms with Crippen LogP contribution < -0.4 is 5.32 Å². The van der Waals surface area contributed by atoms with Gasteiger partial charge in [0.15, 0.2) is 5.58 Å². The van der Waals surface area contributed by atoms with E-state index in [1.54, 1.807) is 36.4 Å². The summed E-state index contributed by atoms with van der Waals surface area (Å²) in [6, 6.07) is 18.5. The highest BCUT2D eigenvalue weighted by atomic mass is 127. The molecule has 0 radical (unpaired) electrons. The second-order valence-corrected chi connectivity index (χ2v) is 9.58. The van der Waals surface area contributed by atoms with Gasteiger partial charge < -0.3 is 14.2 Å². The number of hydrogen-bond donors (Lipinski definition) is 1. The lowest BCUT2D eigenvalue weighted by atomic mass is 10.1. The highest BCUT2D eigenvalue weighted by molar-refractivity contribution is 14.1. The van der Waals surface area contributed by atoms with Crippen LogP contribution in [0.2, 0.25) is 5.02 Å². The summed E-state index contributed by atoms with van der Waals surface area (Å²) in [7, 11) is 0. The zero-order valence-electron chi connectivity index (χ0n) is 18.6. The average molecular weight is 635 g/mol. The average Bonchev–Trinajstić information content (AvgIpc) is 3.51. The number of carbonyl (C=O) groups excluding carboxylic acids is 1. The van der Waals surface area contributed by atoms with Gasteiger partial charge >= 0.3 is 6.18 Å². The highest BCUT2D eigenvalue weighted by Gasteiger charge is 2.30. The van der Waals surface area contributed by atoms with Gasteiger partial charge in [0.25, 0.3) is 0 Å². The number of hydrogen-bond acceptors (Lipinski definition) is 4. The number of benzene rings is 3. The van der Waals surface area contributed by atoms with Gasteiger partial charge in [0.05, 0.1) is 16.1 Å². The maximum absolute atomic E-state index is 13.0. The number of nitrogens with zero attached hydrogens (tertiary/aromatic N) is 1. The van der Waals surface area contributed by atoms with Crippen LogP contribution in [0.4, 0.5) is 18.9 Å². The molecule has 0 aliphatic heterocycles. The van der Waals surface area contributed by atoms with Gasteiger partial charge in [-0.1, -0.05) is 23.7 Å². The van der Waals surface area contributed by atoms with Crippen molar-refractivity contribution >= 4 is 63.0 Å². The van der Waals surface area contributed by atoms with E-state index in [9.17, 15) is 18.0 Å². The number of nitrogens with one attached hydrogen (secondary N) is 1. The van der Waals surface area contributed by atoms with Gasteiger partial charge in [0.2, 0.25) is 11.8 Å². The molecule has 10 heteroatoms. The molecule has 0 aliphatic carbocycles. The van der Waals surface area contributed by atoms with Gasteiger partial charge in [-0.05, 0) is 89.3 Å². The molecule has 2 aromatic heterocycles. The Morgan fingerprint density at radius 3 is 2.65 bits per heavy atom. The lowest BCUT2D eigenvalue weighted by Gasteiger charge is -2.07. The molecule has 0 fully saturated rings. The maximum Gasteiger partial charge on any atom is 0.416 e. The van der Waals surface area contributed by atoms with E-state index in [-0.39, 0.29) is 11.3 Å². The molecule has 0 unspecified atom stereocenters. The Balaban J connectivity index is 1.29. The number of fused-ring (bicyclic) bond motifs is 1. The van der Waals surface area contributed by atoms with Gasteiger partial charge in [-0.25, -0.2) is 4.98 Å². The van der Waals surface area contributed by atoms with Crippen molar-refractivity contribution in [3.05, 3.63) is 98.8 Å². The fraction of sp³-hybridized carbons (Fsp3) is 0.0370. The number of carbonyl (C=O) groups is 1. The van der Waals surface area contributed by atoms with Crippen LogP contribution in [0, 0.1) is 3.57 Å². The Morgan fingerprint density at radius 2 is 1.84 bits per heavy atom. The molecule has 0 saturated heterocycles. The van der Waals surface area contributed by atoms with Crippen molar-refractivity contribution in [3.63, 3.8) is 0 Å².